The number of anilines is 1. The number of carbonyl (C=O) groups excluding carboxylic acids is 1. The highest BCUT2D eigenvalue weighted by Gasteiger charge is 2.54. The summed E-state index contributed by atoms with van der Waals surface area (Å²) in [5, 5.41) is 12.1. The SMILES string of the molecule is Cc1nc(NC(=O)OC(C)(C)C)sc1C1(C(N)C(=O)O)CC1. The first-order valence-corrected chi connectivity index (χ1v) is 7.83. The number of nitrogens with zero attached hydrogens (tertiary/aromatic N) is 1. The monoisotopic (exact) mass is 327 g/mol. The molecule has 4 N–H and O–H groups in total. The van der Waals surface area contributed by atoms with E-state index < -0.39 is 29.1 Å². The Kier molecular flexibility index (Phi) is 4.18. The number of carbonyl (C=O) groups is 2. The Balaban J connectivity index is 2.16. The fourth-order valence-electron chi connectivity index (χ4n) is 2.35. The van der Waals surface area contributed by atoms with Crippen molar-refractivity contribution in [2.75, 3.05) is 5.32 Å². The number of hydrogen-bond donors (Lipinski definition) is 3. The Hall–Kier alpha value is -1.67. The van der Waals surface area contributed by atoms with Gasteiger partial charge in [-0.3, -0.25) is 10.1 Å². The summed E-state index contributed by atoms with van der Waals surface area (Å²) in [4.78, 5) is 28.1. The Morgan fingerprint density at radius 3 is 2.50 bits per heavy atom. The molecule has 0 saturated heterocycles. The number of aliphatic carboxylic acids is 1. The first kappa shape index (κ1) is 16.7. The van der Waals surface area contributed by atoms with Gasteiger partial charge >= 0.3 is 12.1 Å². The molecule has 1 fully saturated rings. The van der Waals surface area contributed by atoms with E-state index in [1.165, 1.54) is 11.3 Å². The average Bonchev–Trinajstić information content (AvgIpc) is 3.06. The van der Waals surface area contributed by atoms with Crippen LogP contribution in [0.25, 0.3) is 0 Å². The molecule has 1 unspecified atom stereocenters. The van der Waals surface area contributed by atoms with Gasteiger partial charge in [0.15, 0.2) is 5.13 Å². The highest BCUT2D eigenvalue weighted by Crippen LogP contribution is 2.54. The molecule has 0 aromatic carbocycles. The highest BCUT2D eigenvalue weighted by atomic mass is 32.1. The van der Waals surface area contributed by atoms with Crippen molar-refractivity contribution in [2.45, 2.75) is 57.6 Å². The van der Waals surface area contributed by atoms with E-state index in [4.69, 9.17) is 15.6 Å². The van der Waals surface area contributed by atoms with Gasteiger partial charge in [-0.1, -0.05) is 0 Å². The molecule has 1 saturated carbocycles. The van der Waals surface area contributed by atoms with Crippen LogP contribution in [0.15, 0.2) is 0 Å². The van der Waals surface area contributed by atoms with Crippen LogP contribution in [-0.4, -0.2) is 33.8 Å². The van der Waals surface area contributed by atoms with Crippen molar-refractivity contribution in [3.05, 3.63) is 10.6 Å². The lowest BCUT2D eigenvalue weighted by atomic mass is 9.94. The summed E-state index contributed by atoms with van der Waals surface area (Å²) < 4.78 is 5.18. The lowest BCUT2D eigenvalue weighted by Crippen LogP contribution is -2.41. The largest absolute Gasteiger partial charge is 0.480 e. The van der Waals surface area contributed by atoms with Gasteiger partial charge in [0.1, 0.15) is 11.6 Å². The van der Waals surface area contributed by atoms with Crippen molar-refractivity contribution < 1.29 is 19.4 Å². The second kappa shape index (κ2) is 5.51. The summed E-state index contributed by atoms with van der Waals surface area (Å²) in [5.74, 6) is -1.02. The Morgan fingerprint density at radius 1 is 1.45 bits per heavy atom. The normalized spacial score (nSPS) is 17.7. The van der Waals surface area contributed by atoms with Gasteiger partial charge < -0.3 is 15.6 Å². The maximum absolute atomic E-state index is 11.8. The van der Waals surface area contributed by atoms with Crippen LogP contribution in [0.2, 0.25) is 0 Å². The summed E-state index contributed by atoms with van der Waals surface area (Å²) >= 11 is 1.26. The number of nitrogens with one attached hydrogen (secondary N) is 1. The van der Waals surface area contributed by atoms with Crippen molar-refractivity contribution in [1.29, 1.82) is 0 Å². The third-order valence-corrected chi connectivity index (χ3v) is 4.80. The molecule has 22 heavy (non-hydrogen) atoms. The minimum atomic E-state index is -1.02. The minimum absolute atomic E-state index is 0.394. The zero-order chi connectivity index (χ0) is 16.7. The first-order valence-electron chi connectivity index (χ1n) is 7.01. The number of thiazole rings is 1. The zero-order valence-electron chi connectivity index (χ0n) is 13.1. The quantitative estimate of drug-likeness (QED) is 0.781. The van der Waals surface area contributed by atoms with Crippen molar-refractivity contribution in [1.82, 2.24) is 4.98 Å². The molecule has 1 aromatic rings. The van der Waals surface area contributed by atoms with Crippen LogP contribution < -0.4 is 11.1 Å². The summed E-state index contributed by atoms with van der Waals surface area (Å²) in [6.45, 7) is 7.11. The molecule has 1 heterocycles. The molecular formula is C14H21N3O4S. The molecule has 0 bridgehead atoms. The molecule has 1 aromatic heterocycles. The van der Waals surface area contributed by atoms with E-state index in [0.29, 0.717) is 10.8 Å². The van der Waals surface area contributed by atoms with Gasteiger partial charge in [-0.15, -0.1) is 11.3 Å². The van der Waals surface area contributed by atoms with Gasteiger partial charge in [-0.25, -0.2) is 9.78 Å². The number of ether oxygens (including phenoxy) is 1. The maximum Gasteiger partial charge on any atom is 0.413 e. The lowest BCUT2D eigenvalue weighted by molar-refractivity contribution is -0.139. The van der Waals surface area contributed by atoms with Gasteiger partial charge in [-0.05, 0) is 40.5 Å². The Labute approximate surface area is 132 Å². The molecule has 1 aliphatic rings. The number of carboxylic acids is 1. The molecule has 7 nitrogen and oxygen atoms in total. The van der Waals surface area contributed by atoms with Crippen LogP contribution in [0.1, 0.15) is 44.2 Å². The predicted molar refractivity (Wildman–Crippen MR) is 83.2 cm³/mol. The average molecular weight is 327 g/mol. The lowest BCUT2D eigenvalue weighted by Gasteiger charge is -2.19. The fraction of sp³-hybridized carbons (Fsp3) is 0.643. The Bertz CT molecular complexity index is 602. The van der Waals surface area contributed by atoms with Gasteiger partial charge in [0.2, 0.25) is 0 Å². The summed E-state index contributed by atoms with van der Waals surface area (Å²) in [6, 6.07) is -0.957. The number of amides is 1. The first-order chi connectivity index (χ1) is 10.0. The molecule has 2 rings (SSSR count). The van der Waals surface area contributed by atoms with Gasteiger partial charge in [-0.2, -0.15) is 0 Å². The van der Waals surface area contributed by atoms with E-state index in [0.717, 1.165) is 17.7 Å². The van der Waals surface area contributed by atoms with Crippen molar-refractivity contribution in [3.63, 3.8) is 0 Å². The van der Waals surface area contributed by atoms with Crippen molar-refractivity contribution in [3.8, 4) is 0 Å². The van der Waals surface area contributed by atoms with E-state index in [1.54, 1.807) is 27.7 Å². The van der Waals surface area contributed by atoms with E-state index in [1.807, 2.05) is 0 Å². The molecule has 1 atom stereocenters. The minimum Gasteiger partial charge on any atom is -0.480 e. The van der Waals surface area contributed by atoms with Crippen LogP contribution in [0.3, 0.4) is 0 Å². The third-order valence-electron chi connectivity index (χ3n) is 3.51. The molecule has 0 radical (unpaired) electrons. The number of nitrogens with two attached hydrogens (primary N) is 1. The smallest absolute Gasteiger partial charge is 0.413 e. The molecule has 1 amide bonds. The molecular weight excluding hydrogens is 306 g/mol. The van der Waals surface area contributed by atoms with Gasteiger partial charge in [0, 0.05) is 10.3 Å². The summed E-state index contributed by atoms with van der Waals surface area (Å²) in [5.41, 5.74) is 5.37. The molecule has 1 aliphatic carbocycles. The summed E-state index contributed by atoms with van der Waals surface area (Å²) in [7, 11) is 0. The molecule has 8 heteroatoms. The zero-order valence-corrected chi connectivity index (χ0v) is 13.9. The number of hydrogen-bond acceptors (Lipinski definition) is 6. The standard InChI is InChI=1S/C14H21N3O4S/c1-7-9(14(5-6-14)8(15)10(18)19)22-11(16-7)17-12(20)21-13(2,3)4/h8H,5-6,15H2,1-4H3,(H,18,19)(H,16,17,20). The Morgan fingerprint density at radius 2 is 2.05 bits per heavy atom. The number of carboxylic acid groups (broad SMARTS) is 1. The van der Waals surface area contributed by atoms with Crippen molar-refractivity contribution >= 4 is 28.5 Å². The van der Waals surface area contributed by atoms with Crippen LogP contribution in [0.4, 0.5) is 9.93 Å². The van der Waals surface area contributed by atoms with E-state index in [9.17, 15) is 9.59 Å². The second-order valence-corrected chi connectivity index (χ2v) is 7.53. The fourth-order valence-corrected chi connectivity index (χ4v) is 3.59. The number of rotatable bonds is 4. The maximum atomic E-state index is 11.8. The van der Waals surface area contributed by atoms with Gasteiger partial charge in [0.05, 0.1) is 5.69 Å². The summed E-state index contributed by atoms with van der Waals surface area (Å²) in [6.07, 6.45) is 0.852. The predicted octanol–water partition coefficient (Wildman–Crippen LogP) is 2.24. The topological polar surface area (TPSA) is 115 Å². The van der Waals surface area contributed by atoms with Crippen molar-refractivity contribution in [2.24, 2.45) is 5.73 Å². The van der Waals surface area contributed by atoms with E-state index in [-0.39, 0.29) is 0 Å². The van der Waals surface area contributed by atoms with Crippen LogP contribution >= 0.6 is 11.3 Å². The van der Waals surface area contributed by atoms with E-state index in [2.05, 4.69) is 10.3 Å². The van der Waals surface area contributed by atoms with Crippen LogP contribution in [0, 0.1) is 6.92 Å². The van der Waals surface area contributed by atoms with Crippen LogP contribution in [-0.2, 0) is 14.9 Å². The molecule has 122 valence electrons. The molecule has 0 spiro atoms. The van der Waals surface area contributed by atoms with Gasteiger partial charge in [0.25, 0.3) is 0 Å². The highest BCUT2D eigenvalue weighted by molar-refractivity contribution is 7.16. The third kappa shape index (κ3) is 3.38. The number of aryl methyl sites for hydroxylation is 1. The van der Waals surface area contributed by atoms with Crippen LogP contribution in [0.5, 0.6) is 0 Å². The molecule has 0 aliphatic heterocycles. The number of aromatic nitrogens is 1. The second-order valence-electron chi connectivity index (χ2n) is 6.53. The van der Waals surface area contributed by atoms with E-state index >= 15 is 0 Å².